The number of sulfonamides is 1. The molecule has 7 nitrogen and oxygen atoms in total. The van der Waals surface area contributed by atoms with Crippen LogP contribution in [0.25, 0.3) is 0 Å². The summed E-state index contributed by atoms with van der Waals surface area (Å²) in [4.78, 5) is 26.0. The smallest absolute Gasteiger partial charge is 0.322 e. The highest BCUT2D eigenvalue weighted by molar-refractivity contribution is 7.89. The minimum Gasteiger partial charge on any atom is -0.452 e. The van der Waals surface area contributed by atoms with Crippen molar-refractivity contribution in [2.24, 2.45) is 0 Å². The number of carbonyl (C=O) groups excluding carboxylic acids is 2. The van der Waals surface area contributed by atoms with Crippen LogP contribution in [-0.2, 0) is 24.3 Å². The van der Waals surface area contributed by atoms with Gasteiger partial charge in [0, 0.05) is 19.1 Å². The van der Waals surface area contributed by atoms with Crippen LogP contribution in [0.3, 0.4) is 0 Å². The van der Waals surface area contributed by atoms with E-state index in [9.17, 15) is 22.4 Å². The highest BCUT2D eigenvalue weighted by Crippen LogP contribution is 2.15. The molecule has 0 radical (unpaired) electrons. The SMILES string of the molecule is CC(C)N(C(=O)[C@H](C)OC(=O)CN(C)S(=O)(=O)c1ccc(F)cc1)C(C)C. The summed E-state index contributed by atoms with van der Waals surface area (Å²) in [5, 5.41) is 0. The molecule has 0 unspecified atom stereocenters. The molecule has 1 rings (SSSR count). The van der Waals surface area contributed by atoms with Gasteiger partial charge in [0.15, 0.2) is 6.10 Å². The molecule has 0 aliphatic rings. The lowest BCUT2D eigenvalue weighted by Gasteiger charge is -2.32. The fraction of sp³-hybridized carbons (Fsp3) is 0.556. The van der Waals surface area contributed by atoms with Crippen LogP contribution in [0.15, 0.2) is 29.2 Å². The van der Waals surface area contributed by atoms with E-state index in [1.54, 1.807) is 4.90 Å². The van der Waals surface area contributed by atoms with Crippen molar-refractivity contribution in [1.82, 2.24) is 9.21 Å². The number of nitrogens with zero attached hydrogens (tertiary/aromatic N) is 2. The number of esters is 1. The minimum absolute atomic E-state index is 0.0693. The lowest BCUT2D eigenvalue weighted by Crippen LogP contribution is -2.48. The predicted molar refractivity (Wildman–Crippen MR) is 98.9 cm³/mol. The van der Waals surface area contributed by atoms with E-state index in [0.717, 1.165) is 28.6 Å². The van der Waals surface area contributed by atoms with E-state index in [2.05, 4.69) is 0 Å². The zero-order valence-corrected chi connectivity index (χ0v) is 17.3. The second-order valence-electron chi connectivity index (χ2n) is 6.78. The lowest BCUT2D eigenvalue weighted by molar-refractivity contribution is -0.160. The van der Waals surface area contributed by atoms with Gasteiger partial charge < -0.3 is 9.64 Å². The van der Waals surface area contributed by atoms with E-state index in [-0.39, 0.29) is 22.9 Å². The molecule has 9 heteroatoms. The molecule has 0 N–H and O–H groups in total. The van der Waals surface area contributed by atoms with E-state index in [0.29, 0.717) is 0 Å². The summed E-state index contributed by atoms with van der Waals surface area (Å²) >= 11 is 0. The Balaban J connectivity index is 2.78. The molecule has 0 aliphatic carbocycles. The number of likely N-dealkylation sites (N-methyl/N-ethyl adjacent to an activating group) is 1. The van der Waals surface area contributed by atoms with Crippen LogP contribution in [0.5, 0.6) is 0 Å². The lowest BCUT2D eigenvalue weighted by atomic mass is 10.2. The number of amides is 1. The van der Waals surface area contributed by atoms with E-state index in [1.807, 2.05) is 27.7 Å². The molecule has 0 aliphatic heterocycles. The van der Waals surface area contributed by atoms with Gasteiger partial charge in [-0.05, 0) is 58.9 Å². The third-order valence-corrected chi connectivity index (χ3v) is 5.71. The molecule has 0 saturated heterocycles. The Morgan fingerprint density at radius 1 is 1.04 bits per heavy atom. The third-order valence-electron chi connectivity index (χ3n) is 3.90. The second-order valence-corrected chi connectivity index (χ2v) is 8.82. The zero-order chi connectivity index (χ0) is 20.9. The summed E-state index contributed by atoms with van der Waals surface area (Å²) in [5.74, 6) is -1.77. The number of hydrogen-bond donors (Lipinski definition) is 0. The largest absolute Gasteiger partial charge is 0.452 e. The van der Waals surface area contributed by atoms with E-state index < -0.39 is 34.5 Å². The van der Waals surface area contributed by atoms with Crippen LogP contribution in [-0.4, -0.2) is 61.3 Å². The van der Waals surface area contributed by atoms with Crippen molar-refractivity contribution in [3.8, 4) is 0 Å². The number of benzene rings is 1. The standard InChI is InChI=1S/C18H27FN2O5S/c1-12(2)21(13(3)4)18(23)14(5)26-17(22)11-20(6)27(24,25)16-9-7-15(19)8-10-16/h7-10,12-14H,11H2,1-6H3/t14-/m0/s1. The Morgan fingerprint density at radius 3 is 1.96 bits per heavy atom. The van der Waals surface area contributed by atoms with Crippen LogP contribution >= 0.6 is 0 Å². The molecular formula is C18H27FN2O5S. The van der Waals surface area contributed by atoms with Gasteiger partial charge in [0.05, 0.1) is 4.90 Å². The van der Waals surface area contributed by atoms with Gasteiger partial charge in [-0.25, -0.2) is 12.8 Å². The number of halogens is 1. The van der Waals surface area contributed by atoms with Crippen molar-refractivity contribution in [3.05, 3.63) is 30.1 Å². The summed E-state index contributed by atoms with van der Waals surface area (Å²) in [7, 11) is -2.77. The zero-order valence-electron chi connectivity index (χ0n) is 16.5. The monoisotopic (exact) mass is 402 g/mol. The Hall–Kier alpha value is -2.00. The van der Waals surface area contributed by atoms with Crippen molar-refractivity contribution < 1.29 is 27.1 Å². The molecule has 1 aromatic carbocycles. The Morgan fingerprint density at radius 2 is 1.52 bits per heavy atom. The molecule has 1 amide bonds. The molecule has 0 aromatic heterocycles. The van der Waals surface area contributed by atoms with Gasteiger partial charge in [-0.1, -0.05) is 0 Å². The van der Waals surface area contributed by atoms with E-state index >= 15 is 0 Å². The van der Waals surface area contributed by atoms with Crippen LogP contribution in [0.4, 0.5) is 4.39 Å². The molecule has 1 atom stereocenters. The fourth-order valence-electron chi connectivity index (χ4n) is 2.65. The maximum Gasteiger partial charge on any atom is 0.322 e. The second kappa shape index (κ2) is 9.27. The first kappa shape index (κ1) is 23.0. The Kier molecular flexibility index (Phi) is 7.91. The summed E-state index contributed by atoms with van der Waals surface area (Å²) in [6, 6.07) is 4.13. The van der Waals surface area contributed by atoms with Crippen molar-refractivity contribution in [3.63, 3.8) is 0 Å². The minimum atomic E-state index is -3.98. The van der Waals surface area contributed by atoms with E-state index in [1.165, 1.54) is 14.0 Å². The number of rotatable bonds is 8. The van der Waals surface area contributed by atoms with Crippen molar-refractivity contribution in [2.45, 2.75) is 57.7 Å². The molecule has 0 fully saturated rings. The molecule has 152 valence electrons. The average Bonchev–Trinajstić information content (AvgIpc) is 2.54. The molecular weight excluding hydrogens is 375 g/mol. The maximum atomic E-state index is 13.0. The van der Waals surface area contributed by atoms with Crippen molar-refractivity contribution in [1.29, 1.82) is 0 Å². The van der Waals surface area contributed by atoms with Gasteiger partial charge >= 0.3 is 5.97 Å². The predicted octanol–water partition coefficient (Wildman–Crippen LogP) is 2.02. The summed E-state index contributed by atoms with van der Waals surface area (Å²) in [6.07, 6.45) is -1.04. The first-order valence-electron chi connectivity index (χ1n) is 8.61. The molecule has 27 heavy (non-hydrogen) atoms. The van der Waals surface area contributed by atoms with Gasteiger partial charge in [-0.15, -0.1) is 0 Å². The molecule has 1 aromatic rings. The number of hydrogen-bond acceptors (Lipinski definition) is 5. The normalized spacial score (nSPS) is 13.1. The highest BCUT2D eigenvalue weighted by atomic mass is 32.2. The summed E-state index contributed by atoms with van der Waals surface area (Å²) in [5.41, 5.74) is 0. The fourth-order valence-corrected chi connectivity index (χ4v) is 3.77. The third kappa shape index (κ3) is 6.00. The van der Waals surface area contributed by atoms with Gasteiger partial charge in [-0.2, -0.15) is 4.31 Å². The van der Waals surface area contributed by atoms with E-state index in [4.69, 9.17) is 4.74 Å². The van der Waals surface area contributed by atoms with Crippen LogP contribution in [0.1, 0.15) is 34.6 Å². The summed E-state index contributed by atoms with van der Waals surface area (Å²) < 4.78 is 43.7. The summed E-state index contributed by atoms with van der Waals surface area (Å²) in [6.45, 7) is 8.31. The maximum absolute atomic E-state index is 13.0. The molecule has 0 saturated carbocycles. The van der Waals surface area contributed by atoms with Crippen molar-refractivity contribution in [2.75, 3.05) is 13.6 Å². The van der Waals surface area contributed by atoms with Crippen LogP contribution in [0.2, 0.25) is 0 Å². The Bertz CT molecular complexity index is 754. The van der Waals surface area contributed by atoms with Crippen LogP contribution < -0.4 is 0 Å². The topological polar surface area (TPSA) is 84.0 Å². The van der Waals surface area contributed by atoms with Gasteiger partial charge in [-0.3, -0.25) is 9.59 Å². The Labute approximate surface area is 160 Å². The van der Waals surface area contributed by atoms with Crippen LogP contribution in [0, 0.1) is 5.82 Å². The number of ether oxygens (including phenoxy) is 1. The molecule has 0 bridgehead atoms. The quantitative estimate of drug-likeness (QED) is 0.621. The highest BCUT2D eigenvalue weighted by Gasteiger charge is 2.29. The van der Waals surface area contributed by atoms with Gasteiger partial charge in [0.2, 0.25) is 10.0 Å². The average molecular weight is 402 g/mol. The molecule has 0 heterocycles. The first-order chi connectivity index (χ1) is 12.4. The molecule has 0 spiro atoms. The first-order valence-corrected chi connectivity index (χ1v) is 10.1. The van der Waals surface area contributed by atoms with Gasteiger partial charge in [0.1, 0.15) is 12.4 Å². The van der Waals surface area contributed by atoms with Crippen molar-refractivity contribution >= 4 is 21.9 Å². The number of carbonyl (C=O) groups is 2. The van der Waals surface area contributed by atoms with Gasteiger partial charge in [0.25, 0.3) is 5.91 Å².